The van der Waals surface area contributed by atoms with E-state index in [4.69, 9.17) is 0 Å². The van der Waals surface area contributed by atoms with Crippen molar-refractivity contribution in [2.75, 3.05) is 38.7 Å². The number of likely N-dealkylation sites (N-methyl/N-ethyl adjacent to an activating group) is 1. The quantitative estimate of drug-likeness (QED) is 0.627. The first-order chi connectivity index (χ1) is 10.5. The Labute approximate surface area is 134 Å². The molecule has 0 spiro atoms. The third-order valence-electron chi connectivity index (χ3n) is 3.61. The maximum atomic E-state index is 12.9. The first-order valence-corrected chi connectivity index (χ1v) is 8.43. The monoisotopic (exact) mass is 323 g/mol. The summed E-state index contributed by atoms with van der Waals surface area (Å²) in [5, 5.41) is 11.2. The maximum Gasteiger partial charge on any atom is 0.282 e. The van der Waals surface area contributed by atoms with Crippen molar-refractivity contribution in [1.29, 1.82) is 0 Å². The van der Waals surface area contributed by atoms with Gasteiger partial charge in [0.2, 0.25) is 0 Å². The number of nitro benzene ring substituents is 1. The van der Waals surface area contributed by atoms with E-state index in [0.29, 0.717) is 6.54 Å². The third-order valence-corrected chi connectivity index (χ3v) is 4.80. The zero-order chi connectivity index (χ0) is 16.1. The van der Waals surface area contributed by atoms with E-state index in [1.54, 1.807) is 18.2 Å². The highest BCUT2D eigenvalue weighted by molar-refractivity contribution is 7.99. The van der Waals surface area contributed by atoms with Crippen LogP contribution in [0, 0.1) is 10.1 Å². The molecule has 0 bridgehead atoms. The number of nitro groups is 1. The second-order valence-corrected chi connectivity index (χ2v) is 6.77. The van der Waals surface area contributed by atoms with Crippen LogP contribution >= 0.6 is 11.8 Å². The summed E-state index contributed by atoms with van der Waals surface area (Å²) in [7, 11) is 3.95. The number of rotatable bonds is 4. The molecule has 0 aliphatic carbocycles. The van der Waals surface area contributed by atoms with Gasteiger partial charge in [0.1, 0.15) is 5.56 Å². The predicted molar refractivity (Wildman–Crippen MR) is 88.4 cm³/mol. The van der Waals surface area contributed by atoms with Crippen LogP contribution < -0.4 is 0 Å². The van der Waals surface area contributed by atoms with Crippen molar-refractivity contribution in [3.8, 4) is 0 Å². The van der Waals surface area contributed by atoms with E-state index in [1.165, 1.54) is 6.07 Å². The van der Waals surface area contributed by atoms with Crippen LogP contribution in [-0.2, 0) is 0 Å². The Bertz CT molecular complexity index is 551. The molecule has 2 rings (SSSR count). The van der Waals surface area contributed by atoms with E-state index >= 15 is 0 Å². The summed E-state index contributed by atoms with van der Waals surface area (Å²) in [6.07, 6.45) is 0.918. The van der Waals surface area contributed by atoms with Gasteiger partial charge < -0.3 is 9.80 Å². The van der Waals surface area contributed by atoms with Crippen LogP contribution in [0.1, 0.15) is 16.8 Å². The zero-order valence-electron chi connectivity index (χ0n) is 12.9. The Hall–Kier alpha value is -1.60. The molecule has 1 atom stereocenters. The standard InChI is InChI=1S/C15H21N3O3S/c1-16(2)10-12-11-22-9-5-8-17(12)15(19)13-6-3-4-7-14(13)18(20)21/h3-4,6-7,12H,5,8-11H2,1-2H3. The molecule has 1 aromatic rings. The molecule has 0 aromatic heterocycles. The number of para-hydroxylation sites is 1. The number of carbonyl (C=O) groups excluding carboxylic acids is 1. The number of benzene rings is 1. The Morgan fingerprint density at radius 2 is 2.18 bits per heavy atom. The molecule has 0 saturated carbocycles. The summed E-state index contributed by atoms with van der Waals surface area (Å²) in [6, 6.07) is 6.28. The molecule has 0 N–H and O–H groups in total. The van der Waals surface area contributed by atoms with E-state index < -0.39 is 4.92 Å². The number of nitrogens with zero attached hydrogens (tertiary/aromatic N) is 3. The first-order valence-electron chi connectivity index (χ1n) is 7.27. The maximum absolute atomic E-state index is 12.9. The van der Waals surface area contributed by atoms with Crippen LogP contribution in [0.3, 0.4) is 0 Å². The lowest BCUT2D eigenvalue weighted by molar-refractivity contribution is -0.385. The van der Waals surface area contributed by atoms with Gasteiger partial charge in [0.25, 0.3) is 11.6 Å². The molecule has 1 unspecified atom stereocenters. The summed E-state index contributed by atoms with van der Waals surface area (Å²) in [6.45, 7) is 1.41. The summed E-state index contributed by atoms with van der Waals surface area (Å²) < 4.78 is 0. The van der Waals surface area contributed by atoms with Crippen molar-refractivity contribution >= 4 is 23.4 Å². The average Bonchev–Trinajstić information content (AvgIpc) is 2.71. The predicted octanol–water partition coefficient (Wildman–Crippen LogP) is 2.10. The van der Waals surface area contributed by atoms with Crippen molar-refractivity contribution in [3.05, 3.63) is 39.9 Å². The van der Waals surface area contributed by atoms with E-state index in [2.05, 4.69) is 4.90 Å². The average molecular weight is 323 g/mol. The summed E-state index contributed by atoms with van der Waals surface area (Å²) in [5.74, 6) is 1.65. The smallest absolute Gasteiger partial charge is 0.282 e. The molecule has 1 aromatic carbocycles. The highest BCUT2D eigenvalue weighted by atomic mass is 32.2. The molecule has 1 saturated heterocycles. The van der Waals surface area contributed by atoms with Crippen molar-refractivity contribution in [2.45, 2.75) is 12.5 Å². The first kappa shape index (κ1) is 16.8. The van der Waals surface area contributed by atoms with Gasteiger partial charge in [-0.25, -0.2) is 0 Å². The van der Waals surface area contributed by atoms with Gasteiger partial charge in [0.15, 0.2) is 0 Å². The van der Waals surface area contributed by atoms with Gasteiger partial charge in [-0.05, 0) is 32.3 Å². The summed E-state index contributed by atoms with van der Waals surface area (Å²) in [5.41, 5.74) is 0.0659. The van der Waals surface area contributed by atoms with E-state index in [-0.39, 0.29) is 23.2 Å². The van der Waals surface area contributed by atoms with Crippen molar-refractivity contribution in [3.63, 3.8) is 0 Å². The Morgan fingerprint density at radius 1 is 1.45 bits per heavy atom. The van der Waals surface area contributed by atoms with Gasteiger partial charge >= 0.3 is 0 Å². The van der Waals surface area contributed by atoms with Crippen molar-refractivity contribution in [1.82, 2.24) is 9.80 Å². The number of amides is 1. The Kier molecular flexibility index (Phi) is 5.79. The third kappa shape index (κ3) is 3.98. The molecule has 6 nitrogen and oxygen atoms in total. The fourth-order valence-corrected chi connectivity index (χ4v) is 3.69. The number of carbonyl (C=O) groups is 1. The number of thioether (sulfide) groups is 1. The molecule has 1 aliphatic heterocycles. The minimum Gasteiger partial charge on any atom is -0.333 e. The van der Waals surface area contributed by atoms with Gasteiger partial charge in [-0.2, -0.15) is 11.8 Å². The minimum absolute atomic E-state index is 0.0785. The molecule has 1 fully saturated rings. The van der Waals surface area contributed by atoms with E-state index in [9.17, 15) is 14.9 Å². The van der Waals surface area contributed by atoms with Gasteiger partial charge in [0.05, 0.1) is 11.0 Å². The lowest BCUT2D eigenvalue weighted by atomic mass is 10.1. The molecule has 7 heteroatoms. The molecule has 0 radical (unpaired) electrons. The normalized spacial score (nSPS) is 19.0. The zero-order valence-corrected chi connectivity index (χ0v) is 13.7. The highest BCUT2D eigenvalue weighted by Crippen LogP contribution is 2.24. The molecule has 22 heavy (non-hydrogen) atoms. The second-order valence-electron chi connectivity index (χ2n) is 5.62. The van der Waals surface area contributed by atoms with Crippen molar-refractivity contribution < 1.29 is 9.72 Å². The number of hydrogen-bond acceptors (Lipinski definition) is 5. The van der Waals surface area contributed by atoms with Crippen LogP contribution in [-0.4, -0.2) is 65.4 Å². The molecule has 1 heterocycles. The van der Waals surface area contributed by atoms with Crippen LogP contribution in [0.15, 0.2) is 24.3 Å². The SMILES string of the molecule is CN(C)CC1CSCCCN1C(=O)c1ccccc1[N+](=O)[O-]. The highest BCUT2D eigenvalue weighted by Gasteiger charge is 2.30. The van der Waals surface area contributed by atoms with Gasteiger partial charge in [-0.1, -0.05) is 12.1 Å². The summed E-state index contributed by atoms with van der Waals surface area (Å²) >= 11 is 1.84. The molecule has 120 valence electrons. The lowest BCUT2D eigenvalue weighted by Crippen LogP contribution is -2.46. The lowest BCUT2D eigenvalue weighted by Gasteiger charge is -2.31. The van der Waals surface area contributed by atoms with Gasteiger partial charge in [0, 0.05) is 24.9 Å². The van der Waals surface area contributed by atoms with Crippen LogP contribution in [0.5, 0.6) is 0 Å². The molecular formula is C15H21N3O3S. The molecule has 1 amide bonds. The Morgan fingerprint density at radius 3 is 2.86 bits per heavy atom. The van der Waals surface area contributed by atoms with Gasteiger partial charge in [-0.3, -0.25) is 14.9 Å². The molecular weight excluding hydrogens is 302 g/mol. The van der Waals surface area contributed by atoms with Crippen molar-refractivity contribution in [2.24, 2.45) is 0 Å². The molecule has 1 aliphatic rings. The fraction of sp³-hybridized carbons (Fsp3) is 0.533. The number of hydrogen-bond donors (Lipinski definition) is 0. The Balaban J connectivity index is 2.30. The van der Waals surface area contributed by atoms with Crippen LogP contribution in [0.2, 0.25) is 0 Å². The van der Waals surface area contributed by atoms with Crippen LogP contribution in [0.4, 0.5) is 5.69 Å². The topological polar surface area (TPSA) is 66.7 Å². The fourth-order valence-electron chi connectivity index (χ4n) is 2.64. The van der Waals surface area contributed by atoms with E-state index in [1.807, 2.05) is 30.8 Å². The second kappa shape index (κ2) is 7.60. The largest absolute Gasteiger partial charge is 0.333 e. The summed E-state index contributed by atoms with van der Waals surface area (Å²) in [4.78, 5) is 27.4. The van der Waals surface area contributed by atoms with Crippen LogP contribution in [0.25, 0.3) is 0 Å². The van der Waals surface area contributed by atoms with E-state index in [0.717, 1.165) is 24.5 Å². The minimum atomic E-state index is -0.485. The van der Waals surface area contributed by atoms with Gasteiger partial charge in [-0.15, -0.1) is 0 Å².